The number of nitrogens with zero attached hydrogens (tertiary/aromatic N) is 1. The van der Waals surface area contributed by atoms with Gasteiger partial charge in [-0.15, -0.1) is 0 Å². The third-order valence-corrected chi connectivity index (χ3v) is 5.82. The first-order valence-corrected chi connectivity index (χ1v) is 9.19. The Morgan fingerprint density at radius 2 is 1.86 bits per heavy atom. The zero-order chi connectivity index (χ0) is 15.5. The zero-order valence-corrected chi connectivity index (χ0v) is 14.6. The van der Waals surface area contributed by atoms with Gasteiger partial charge in [0, 0.05) is 42.3 Å². The second kappa shape index (κ2) is 7.20. The molecular weight excluding hydrogens is 342 g/mol. The molecule has 5 heteroatoms. The number of nitrogens with one attached hydrogen (secondary N) is 1. The van der Waals surface area contributed by atoms with Crippen molar-refractivity contribution in [2.75, 3.05) is 31.9 Å². The standard InChI is InChI=1S/C17H26BrN3O/c18-13-6-7-14(19)17(22)15(13)16(12-4-2-1-3-5-12)21-10-8-20-9-11-21/h6-7,12,16,20,22H,1-5,8-11,19H2/t16-/m0/s1. The molecule has 1 saturated carbocycles. The minimum Gasteiger partial charge on any atom is -0.505 e. The normalized spacial score (nSPS) is 22.6. The number of aromatic hydroxyl groups is 1. The van der Waals surface area contributed by atoms with Gasteiger partial charge in [-0.2, -0.15) is 0 Å². The Morgan fingerprint density at radius 1 is 1.18 bits per heavy atom. The molecule has 1 aliphatic carbocycles. The SMILES string of the molecule is Nc1ccc(Br)c([C@H](C2CCCCC2)N2CCNCC2)c1O. The largest absolute Gasteiger partial charge is 0.505 e. The van der Waals surface area contributed by atoms with E-state index in [0.29, 0.717) is 11.6 Å². The van der Waals surface area contributed by atoms with Gasteiger partial charge in [-0.25, -0.2) is 0 Å². The summed E-state index contributed by atoms with van der Waals surface area (Å²) in [4.78, 5) is 2.53. The van der Waals surface area contributed by atoms with Crippen LogP contribution in [0.25, 0.3) is 0 Å². The van der Waals surface area contributed by atoms with Crippen LogP contribution in [0.15, 0.2) is 16.6 Å². The third-order valence-electron chi connectivity index (χ3n) is 5.13. The molecule has 4 N–H and O–H groups in total. The molecule has 0 amide bonds. The number of hydrogen-bond acceptors (Lipinski definition) is 4. The highest BCUT2D eigenvalue weighted by Gasteiger charge is 2.34. The van der Waals surface area contributed by atoms with Gasteiger partial charge in [0.05, 0.1) is 5.69 Å². The second-order valence-corrected chi connectivity index (χ2v) is 7.38. The van der Waals surface area contributed by atoms with Gasteiger partial charge < -0.3 is 16.2 Å². The van der Waals surface area contributed by atoms with Crippen molar-refractivity contribution in [1.29, 1.82) is 0 Å². The third kappa shape index (κ3) is 3.26. The van der Waals surface area contributed by atoms with Crippen LogP contribution in [0.5, 0.6) is 5.75 Å². The van der Waals surface area contributed by atoms with E-state index in [-0.39, 0.29) is 11.8 Å². The Morgan fingerprint density at radius 3 is 2.55 bits per heavy atom. The predicted molar refractivity (Wildman–Crippen MR) is 94.0 cm³/mol. The number of halogens is 1. The first-order chi connectivity index (χ1) is 10.7. The number of rotatable bonds is 3. The van der Waals surface area contributed by atoms with Crippen LogP contribution >= 0.6 is 15.9 Å². The van der Waals surface area contributed by atoms with Crippen LogP contribution in [0.1, 0.15) is 43.7 Å². The molecule has 22 heavy (non-hydrogen) atoms. The van der Waals surface area contributed by atoms with E-state index < -0.39 is 0 Å². The molecule has 1 aromatic carbocycles. The van der Waals surface area contributed by atoms with E-state index in [1.165, 1.54) is 32.1 Å². The van der Waals surface area contributed by atoms with Gasteiger partial charge in [0.15, 0.2) is 0 Å². The molecule has 1 atom stereocenters. The highest BCUT2D eigenvalue weighted by Crippen LogP contribution is 2.46. The summed E-state index contributed by atoms with van der Waals surface area (Å²) in [5, 5.41) is 14.0. The maximum Gasteiger partial charge on any atom is 0.144 e. The zero-order valence-electron chi connectivity index (χ0n) is 13.0. The molecule has 0 bridgehead atoms. The molecule has 122 valence electrons. The lowest BCUT2D eigenvalue weighted by Crippen LogP contribution is -2.47. The number of nitrogen functional groups attached to an aromatic ring is 1. The van der Waals surface area contributed by atoms with E-state index in [2.05, 4.69) is 26.1 Å². The van der Waals surface area contributed by atoms with Crippen LogP contribution < -0.4 is 11.1 Å². The van der Waals surface area contributed by atoms with Gasteiger partial charge in [-0.3, -0.25) is 4.90 Å². The fourth-order valence-corrected chi connectivity index (χ4v) is 4.56. The number of hydrogen-bond donors (Lipinski definition) is 3. The number of benzene rings is 1. The monoisotopic (exact) mass is 367 g/mol. The molecule has 0 radical (unpaired) electrons. The first kappa shape index (κ1) is 16.1. The molecule has 1 saturated heterocycles. The molecule has 3 rings (SSSR count). The number of nitrogens with two attached hydrogens (primary N) is 1. The van der Waals surface area contributed by atoms with Crippen molar-refractivity contribution < 1.29 is 5.11 Å². The molecule has 2 fully saturated rings. The van der Waals surface area contributed by atoms with Gasteiger partial charge >= 0.3 is 0 Å². The number of piperazine rings is 1. The molecule has 1 aromatic rings. The number of phenols is 1. The lowest BCUT2D eigenvalue weighted by Gasteiger charge is -2.41. The quantitative estimate of drug-likeness (QED) is 0.566. The summed E-state index contributed by atoms with van der Waals surface area (Å²) in [6.07, 6.45) is 6.43. The lowest BCUT2D eigenvalue weighted by molar-refractivity contribution is 0.101. The summed E-state index contributed by atoms with van der Waals surface area (Å²) in [5.74, 6) is 0.874. The summed E-state index contributed by atoms with van der Waals surface area (Å²) in [5.41, 5.74) is 7.46. The van der Waals surface area contributed by atoms with E-state index >= 15 is 0 Å². The molecule has 0 spiro atoms. The van der Waals surface area contributed by atoms with Gasteiger partial charge in [-0.05, 0) is 30.9 Å². The van der Waals surface area contributed by atoms with Crippen molar-refractivity contribution in [2.45, 2.75) is 38.1 Å². The van der Waals surface area contributed by atoms with Gasteiger partial charge in [-0.1, -0.05) is 35.2 Å². The lowest BCUT2D eigenvalue weighted by atomic mass is 9.79. The van der Waals surface area contributed by atoms with Crippen molar-refractivity contribution in [3.05, 3.63) is 22.2 Å². The van der Waals surface area contributed by atoms with E-state index in [1.807, 2.05) is 6.07 Å². The maximum absolute atomic E-state index is 10.6. The summed E-state index contributed by atoms with van der Waals surface area (Å²) in [6, 6.07) is 4.02. The molecule has 1 aliphatic heterocycles. The van der Waals surface area contributed by atoms with E-state index in [0.717, 1.165) is 36.2 Å². The Bertz CT molecular complexity index is 493. The molecular formula is C17H26BrN3O. The van der Waals surface area contributed by atoms with Crippen LogP contribution in [-0.4, -0.2) is 36.2 Å². The fraction of sp³-hybridized carbons (Fsp3) is 0.647. The summed E-state index contributed by atoms with van der Waals surface area (Å²) >= 11 is 3.66. The minimum atomic E-state index is 0.264. The minimum absolute atomic E-state index is 0.264. The van der Waals surface area contributed by atoms with E-state index in [9.17, 15) is 5.11 Å². The summed E-state index contributed by atoms with van der Waals surface area (Å²) < 4.78 is 0.980. The van der Waals surface area contributed by atoms with Crippen LogP contribution in [0.4, 0.5) is 5.69 Å². The average Bonchev–Trinajstić information content (AvgIpc) is 2.57. The molecule has 1 heterocycles. The highest BCUT2D eigenvalue weighted by atomic mass is 79.9. The highest BCUT2D eigenvalue weighted by molar-refractivity contribution is 9.10. The van der Waals surface area contributed by atoms with Crippen LogP contribution in [0.2, 0.25) is 0 Å². The number of anilines is 1. The van der Waals surface area contributed by atoms with Crippen LogP contribution in [0, 0.1) is 5.92 Å². The fourth-order valence-electron chi connectivity index (χ4n) is 4.01. The Labute approximate surface area is 141 Å². The van der Waals surface area contributed by atoms with Crippen LogP contribution in [0.3, 0.4) is 0 Å². The van der Waals surface area contributed by atoms with Crippen molar-refractivity contribution in [3.63, 3.8) is 0 Å². The second-order valence-electron chi connectivity index (χ2n) is 6.53. The van der Waals surface area contributed by atoms with Crippen molar-refractivity contribution in [1.82, 2.24) is 10.2 Å². The molecule has 0 aromatic heterocycles. The van der Waals surface area contributed by atoms with E-state index in [4.69, 9.17) is 5.73 Å². The topological polar surface area (TPSA) is 61.5 Å². The smallest absolute Gasteiger partial charge is 0.144 e. The van der Waals surface area contributed by atoms with Crippen molar-refractivity contribution in [2.24, 2.45) is 5.92 Å². The Balaban J connectivity index is 1.98. The van der Waals surface area contributed by atoms with Gasteiger partial charge in [0.2, 0.25) is 0 Å². The van der Waals surface area contributed by atoms with Crippen LogP contribution in [-0.2, 0) is 0 Å². The Hall–Kier alpha value is -0.780. The maximum atomic E-state index is 10.6. The predicted octanol–water partition coefficient (Wildman–Crippen LogP) is 3.26. The number of phenolic OH excluding ortho intramolecular Hbond substituents is 1. The van der Waals surface area contributed by atoms with E-state index in [1.54, 1.807) is 6.07 Å². The van der Waals surface area contributed by atoms with Crippen molar-refractivity contribution in [3.8, 4) is 5.75 Å². The molecule has 4 nitrogen and oxygen atoms in total. The molecule has 0 unspecified atom stereocenters. The summed E-state index contributed by atoms with van der Waals surface area (Å²) in [7, 11) is 0. The Kier molecular flexibility index (Phi) is 5.26. The van der Waals surface area contributed by atoms with Crippen molar-refractivity contribution >= 4 is 21.6 Å². The van der Waals surface area contributed by atoms with Gasteiger partial charge in [0.1, 0.15) is 5.75 Å². The average molecular weight is 368 g/mol. The summed E-state index contributed by atoms with van der Waals surface area (Å²) in [6.45, 7) is 4.09. The first-order valence-electron chi connectivity index (χ1n) is 8.40. The molecule has 2 aliphatic rings. The van der Waals surface area contributed by atoms with Gasteiger partial charge in [0.25, 0.3) is 0 Å².